The van der Waals surface area contributed by atoms with E-state index in [4.69, 9.17) is 21.8 Å². The predicted octanol–water partition coefficient (Wildman–Crippen LogP) is 3.43. The SMILES string of the molecule is CCn1c(-c2ccoc2Cl)nc2cc(CN)ccc21. The second-order valence-electron chi connectivity index (χ2n) is 4.31. The van der Waals surface area contributed by atoms with E-state index in [9.17, 15) is 0 Å². The lowest BCUT2D eigenvalue weighted by atomic mass is 10.2. The van der Waals surface area contributed by atoms with Crippen molar-refractivity contribution in [2.45, 2.75) is 20.0 Å². The number of aromatic nitrogens is 2. The highest BCUT2D eigenvalue weighted by molar-refractivity contribution is 6.31. The molecule has 0 aliphatic rings. The Morgan fingerprint density at radius 2 is 2.21 bits per heavy atom. The van der Waals surface area contributed by atoms with Crippen molar-refractivity contribution in [3.8, 4) is 11.4 Å². The van der Waals surface area contributed by atoms with E-state index in [2.05, 4.69) is 16.5 Å². The summed E-state index contributed by atoms with van der Waals surface area (Å²) in [6, 6.07) is 7.92. The maximum Gasteiger partial charge on any atom is 0.203 e. The Labute approximate surface area is 115 Å². The van der Waals surface area contributed by atoms with Crippen LogP contribution in [0.5, 0.6) is 0 Å². The third kappa shape index (κ3) is 1.93. The summed E-state index contributed by atoms with van der Waals surface area (Å²) in [7, 11) is 0. The fourth-order valence-electron chi connectivity index (χ4n) is 2.28. The van der Waals surface area contributed by atoms with Gasteiger partial charge >= 0.3 is 0 Å². The van der Waals surface area contributed by atoms with Gasteiger partial charge in [0.1, 0.15) is 5.82 Å². The van der Waals surface area contributed by atoms with Gasteiger partial charge in [-0.3, -0.25) is 0 Å². The zero-order chi connectivity index (χ0) is 13.4. The molecule has 0 fully saturated rings. The molecule has 0 saturated heterocycles. The summed E-state index contributed by atoms with van der Waals surface area (Å²) in [5, 5.41) is 0.365. The number of nitrogens with zero attached hydrogens (tertiary/aromatic N) is 2. The van der Waals surface area contributed by atoms with Crippen molar-refractivity contribution in [2.75, 3.05) is 0 Å². The van der Waals surface area contributed by atoms with Gasteiger partial charge in [0.15, 0.2) is 0 Å². The molecule has 0 amide bonds. The molecule has 0 bridgehead atoms. The lowest BCUT2D eigenvalue weighted by molar-refractivity contribution is 0.569. The minimum atomic E-state index is 0.365. The van der Waals surface area contributed by atoms with Crippen LogP contribution in [0.15, 0.2) is 34.9 Å². The van der Waals surface area contributed by atoms with E-state index in [-0.39, 0.29) is 0 Å². The molecule has 5 heteroatoms. The fraction of sp³-hybridized carbons (Fsp3) is 0.214. The van der Waals surface area contributed by atoms with Gasteiger partial charge in [-0.1, -0.05) is 6.07 Å². The number of hydrogen-bond donors (Lipinski definition) is 1. The Morgan fingerprint density at radius 1 is 1.37 bits per heavy atom. The molecular weight excluding hydrogens is 262 g/mol. The number of fused-ring (bicyclic) bond motifs is 1. The molecule has 0 aliphatic carbocycles. The Balaban J connectivity index is 2.27. The minimum absolute atomic E-state index is 0.365. The highest BCUT2D eigenvalue weighted by atomic mass is 35.5. The fourth-order valence-corrected chi connectivity index (χ4v) is 2.48. The molecule has 2 N–H and O–H groups in total. The predicted molar refractivity (Wildman–Crippen MR) is 76.0 cm³/mol. The first kappa shape index (κ1) is 12.3. The molecule has 2 heterocycles. The van der Waals surface area contributed by atoms with Gasteiger partial charge in [0.25, 0.3) is 0 Å². The van der Waals surface area contributed by atoms with Crippen LogP contribution in [0.1, 0.15) is 12.5 Å². The Morgan fingerprint density at radius 3 is 2.84 bits per heavy atom. The second kappa shape index (κ2) is 4.72. The second-order valence-corrected chi connectivity index (χ2v) is 4.66. The first-order chi connectivity index (χ1) is 9.24. The maximum atomic E-state index is 6.05. The largest absolute Gasteiger partial charge is 0.452 e. The summed E-state index contributed by atoms with van der Waals surface area (Å²) in [6.45, 7) is 3.40. The van der Waals surface area contributed by atoms with Crippen LogP contribution in [0.4, 0.5) is 0 Å². The zero-order valence-corrected chi connectivity index (χ0v) is 11.3. The van der Waals surface area contributed by atoms with Crippen molar-refractivity contribution in [3.05, 3.63) is 41.3 Å². The van der Waals surface area contributed by atoms with E-state index < -0.39 is 0 Å². The molecule has 98 valence electrons. The summed E-state index contributed by atoms with van der Waals surface area (Å²) in [6.07, 6.45) is 1.57. The maximum absolute atomic E-state index is 6.05. The minimum Gasteiger partial charge on any atom is -0.452 e. The van der Waals surface area contributed by atoms with Crippen molar-refractivity contribution in [2.24, 2.45) is 5.73 Å². The Hall–Kier alpha value is -1.78. The van der Waals surface area contributed by atoms with E-state index >= 15 is 0 Å². The number of halogens is 1. The third-order valence-corrected chi connectivity index (χ3v) is 3.52. The van der Waals surface area contributed by atoms with Gasteiger partial charge in [0, 0.05) is 13.1 Å². The number of imidazole rings is 1. The molecule has 1 aromatic carbocycles. The van der Waals surface area contributed by atoms with E-state index in [1.54, 1.807) is 6.26 Å². The number of furan rings is 1. The van der Waals surface area contributed by atoms with Crippen LogP contribution in [-0.2, 0) is 13.1 Å². The topological polar surface area (TPSA) is 57.0 Å². The molecular formula is C14H14ClN3O. The lowest BCUT2D eigenvalue weighted by Crippen LogP contribution is -1.98. The number of hydrogen-bond acceptors (Lipinski definition) is 3. The molecule has 0 radical (unpaired) electrons. The summed E-state index contributed by atoms with van der Waals surface area (Å²) in [5.41, 5.74) is 9.55. The smallest absolute Gasteiger partial charge is 0.203 e. The van der Waals surface area contributed by atoms with Crippen LogP contribution in [0.25, 0.3) is 22.4 Å². The summed E-state index contributed by atoms with van der Waals surface area (Å²) in [4.78, 5) is 4.66. The van der Waals surface area contributed by atoms with Gasteiger partial charge in [0.05, 0.1) is 22.9 Å². The van der Waals surface area contributed by atoms with Crippen LogP contribution in [0, 0.1) is 0 Å². The molecule has 0 unspecified atom stereocenters. The number of benzene rings is 1. The van der Waals surface area contributed by atoms with Crippen LogP contribution < -0.4 is 5.73 Å². The van der Waals surface area contributed by atoms with Crippen LogP contribution >= 0.6 is 11.6 Å². The van der Waals surface area contributed by atoms with Crippen LogP contribution in [0.3, 0.4) is 0 Å². The quantitative estimate of drug-likeness (QED) is 0.797. The van der Waals surface area contributed by atoms with Gasteiger partial charge < -0.3 is 14.7 Å². The summed E-state index contributed by atoms with van der Waals surface area (Å²) < 4.78 is 7.27. The molecule has 0 aliphatic heterocycles. The normalized spacial score (nSPS) is 11.3. The summed E-state index contributed by atoms with van der Waals surface area (Å²) >= 11 is 6.05. The molecule has 0 atom stereocenters. The van der Waals surface area contributed by atoms with Crippen molar-refractivity contribution in [1.29, 1.82) is 0 Å². The number of aryl methyl sites for hydroxylation is 1. The van der Waals surface area contributed by atoms with Gasteiger partial charge in [-0.25, -0.2) is 4.98 Å². The highest BCUT2D eigenvalue weighted by Crippen LogP contribution is 2.31. The number of nitrogens with two attached hydrogens (primary N) is 1. The average molecular weight is 276 g/mol. The summed E-state index contributed by atoms with van der Waals surface area (Å²) in [5.74, 6) is 0.824. The lowest BCUT2D eigenvalue weighted by Gasteiger charge is -2.04. The molecule has 4 nitrogen and oxygen atoms in total. The van der Waals surface area contributed by atoms with E-state index in [1.807, 2.05) is 24.3 Å². The van der Waals surface area contributed by atoms with E-state index in [0.29, 0.717) is 11.8 Å². The highest BCUT2D eigenvalue weighted by Gasteiger charge is 2.16. The van der Waals surface area contributed by atoms with Gasteiger partial charge in [0.2, 0.25) is 5.22 Å². The van der Waals surface area contributed by atoms with Crippen molar-refractivity contribution >= 4 is 22.6 Å². The standard InChI is InChI=1S/C14H14ClN3O/c1-2-18-12-4-3-9(8-16)7-11(12)17-14(18)10-5-6-19-13(10)15/h3-7H,2,8,16H2,1H3. The average Bonchev–Trinajstić information content (AvgIpc) is 3.00. The van der Waals surface area contributed by atoms with Gasteiger partial charge in [-0.2, -0.15) is 0 Å². The number of rotatable bonds is 3. The van der Waals surface area contributed by atoms with Crippen molar-refractivity contribution in [3.63, 3.8) is 0 Å². The third-order valence-electron chi connectivity index (χ3n) is 3.22. The molecule has 0 saturated carbocycles. The monoisotopic (exact) mass is 275 g/mol. The van der Waals surface area contributed by atoms with Gasteiger partial charge in [-0.05, 0) is 42.3 Å². The molecule has 3 rings (SSSR count). The van der Waals surface area contributed by atoms with E-state index in [1.165, 1.54) is 0 Å². The Bertz CT molecular complexity index is 729. The first-order valence-electron chi connectivity index (χ1n) is 6.17. The molecule has 19 heavy (non-hydrogen) atoms. The van der Waals surface area contributed by atoms with Crippen molar-refractivity contribution < 1.29 is 4.42 Å². The zero-order valence-electron chi connectivity index (χ0n) is 10.6. The van der Waals surface area contributed by atoms with E-state index in [0.717, 1.165) is 34.5 Å². The molecule has 2 aromatic heterocycles. The van der Waals surface area contributed by atoms with Gasteiger partial charge in [-0.15, -0.1) is 0 Å². The van der Waals surface area contributed by atoms with Crippen LogP contribution in [-0.4, -0.2) is 9.55 Å². The first-order valence-corrected chi connectivity index (χ1v) is 6.55. The molecule has 0 spiro atoms. The van der Waals surface area contributed by atoms with Crippen LogP contribution in [0.2, 0.25) is 5.22 Å². The Kier molecular flexibility index (Phi) is 3.05. The molecule has 3 aromatic rings. The van der Waals surface area contributed by atoms with Crippen molar-refractivity contribution in [1.82, 2.24) is 9.55 Å².